The van der Waals surface area contributed by atoms with Gasteiger partial charge in [0, 0.05) is 4.91 Å². The second kappa shape index (κ2) is 5.43. The molecular formula is C7H13N3O2. The largest absolute Gasteiger partial charge is 0.466 e. The van der Waals surface area contributed by atoms with Crippen LogP contribution in [0.4, 0.5) is 0 Å². The van der Waals surface area contributed by atoms with E-state index >= 15 is 0 Å². The quantitative estimate of drug-likeness (QED) is 0.280. The summed E-state index contributed by atoms with van der Waals surface area (Å²) in [5.74, 6) is -0.481. The van der Waals surface area contributed by atoms with Crippen LogP contribution in [-0.4, -0.2) is 18.6 Å². The van der Waals surface area contributed by atoms with Crippen LogP contribution in [0, 0.1) is 5.92 Å². The molecule has 12 heavy (non-hydrogen) atoms. The third-order valence-electron chi connectivity index (χ3n) is 1.34. The van der Waals surface area contributed by atoms with Gasteiger partial charge in [0.1, 0.15) is 6.04 Å². The SMILES string of the molecule is CCOC(=O)C(N=[N+]=[N-])C(C)C. The predicted octanol–water partition coefficient (Wildman–Crippen LogP) is 1.88. The van der Waals surface area contributed by atoms with Gasteiger partial charge in [0.25, 0.3) is 0 Å². The van der Waals surface area contributed by atoms with Gasteiger partial charge < -0.3 is 4.74 Å². The maximum absolute atomic E-state index is 11.1. The highest BCUT2D eigenvalue weighted by Crippen LogP contribution is 2.08. The van der Waals surface area contributed by atoms with Crippen molar-refractivity contribution >= 4 is 5.97 Å². The van der Waals surface area contributed by atoms with Gasteiger partial charge in [-0.25, -0.2) is 0 Å². The Hall–Kier alpha value is -1.22. The fourth-order valence-corrected chi connectivity index (χ4v) is 0.736. The topological polar surface area (TPSA) is 75.1 Å². The summed E-state index contributed by atoms with van der Waals surface area (Å²) in [6, 6.07) is -0.699. The Morgan fingerprint density at radius 1 is 1.67 bits per heavy atom. The summed E-state index contributed by atoms with van der Waals surface area (Å²) in [5, 5.41) is 3.35. The molecule has 0 radical (unpaired) electrons. The Balaban J connectivity index is 4.29. The van der Waals surface area contributed by atoms with E-state index in [1.54, 1.807) is 20.8 Å². The van der Waals surface area contributed by atoms with Crippen LogP contribution in [0.15, 0.2) is 5.11 Å². The minimum Gasteiger partial charge on any atom is -0.466 e. The maximum atomic E-state index is 11.1. The first kappa shape index (κ1) is 10.8. The lowest BCUT2D eigenvalue weighted by Gasteiger charge is -2.12. The molecule has 0 aromatic carbocycles. The Morgan fingerprint density at radius 2 is 2.25 bits per heavy atom. The first-order valence-electron chi connectivity index (χ1n) is 3.84. The third-order valence-corrected chi connectivity index (χ3v) is 1.34. The lowest BCUT2D eigenvalue weighted by atomic mass is 10.1. The molecule has 0 amide bonds. The number of ether oxygens (including phenoxy) is 1. The summed E-state index contributed by atoms with van der Waals surface area (Å²) in [7, 11) is 0. The van der Waals surface area contributed by atoms with Crippen LogP contribution in [0.5, 0.6) is 0 Å². The van der Waals surface area contributed by atoms with E-state index in [1.807, 2.05) is 0 Å². The molecule has 0 rings (SSSR count). The van der Waals surface area contributed by atoms with Gasteiger partial charge in [-0.3, -0.25) is 4.79 Å². The summed E-state index contributed by atoms with van der Waals surface area (Å²) < 4.78 is 4.71. The van der Waals surface area contributed by atoms with Gasteiger partial charge >= 0.3 is 5.97 Å². The average Bonchev–Trinajstić information content (AvgIpc) is 1.99. The fourth-order valence-electron chi connectivity index (χ4n) is 0.736. The van der Waals surface area contributed by atoms with Gasteiger partial charge in [-0.05, 0) is 18.4 Å². The molecule has 1 unspecified atom stereocenters. The first-order valence-corrected chi connectivity index (χ1v) is 3.84. The van der Waals surface area contributed by atoms with Crippen molar-refractivity contribution in [2.45, 2.75) is 26.8 Å². The van der Waals surface area contributed by atoms with Crippen molar-refractivity contribution < 1.29 is 9.53 Å². The zero-order chi connectivity index (χ0) is 9.56. The molecule has 0 saturated heterocycles. The monoisotopic (exact) mass is 171 g/mol. The van der Waals surface area contributed by atoms with Crippen molar-refractivity contribution in [2.75, 3.05) is 6.61 Å². The molecule has 0 N–H and O–H groups in total. The Labute approximate surface area is 71.3 Å². The van der Waals surface area contributed by atoms with Crippen LogP contribution < -0.4 is 0 Å². The summed E-state index contributed by atoms with van der Waals surface area (Å²) in [6.07, 6.45) is 0. The second-order valence-electron chi connectivity index (χ2n) is 2.65. The Bertz CT molecular complexity index is 197. The fraction of sp³-hybridized carbons (Fsp3) is 0.857. The van der Waals surface area contributed by atoms with Crippen LogP contribution in [0.25, 0.3) is 10.4 Å². The molecule has 0 aliphatic rings. The maximum Gasteiger partial charge on any atom is 0.315 e. The molecule has 1 atom stereocenters. The van der Waals surface area contributed by atoms with Gasteiger partial charge in [-0.2, -0.15) is 0 Å². The van der Waals surface area contributed by atoms with Gasteiger partial charge in [-0.15, -0.1) is 0 Å². The molecular weight excluding hydrogens is 158 g/mol. The van der Waals surface area contributed by atoms with E-state index in [-0.39, 0.29) is 5.92 Å². The Kier molecular flexibility index (Phi) is 4.88. The number of rotatable bonds is 4. The number of esters is 1. The molecule has 0 bridgehead atoms. The highest BCUT2D eigenvalue weighted by atomic mass is 16.5. The molecule has 0 heterocycles. The van der Waals surface area contributed by atoms with E-state index in [4.69, 9.17) is 10.3 Å². The van der Waals surface area contributed by atoms with Gasteiger partial charge in [0.05, 0.1) is 6.61 Å². The molecule has 5 heteroatoms. The zero-order valence-electron chi connectivity index (χ0n) is 7.52. The lowest BCUT2D eigenvalue weighted by Crippen LogP contribution is -2.26. The van der Waals surface area contributed by atoms with Crippen molar-refractivity contribution in [1.82, 2.24) is 0 Å². The Morgan fingerprint density at radius 3 is 2.58 bits per heavy atom. The normalized spacial score (nSPS) is 12.0. The van der Waals surface area contributed by atoms with E-state index in [9.17, 15) is 4.79 Å². The van der Waals surface area contributed by atoms with Crippen LogP contribution in [0.2, 0.25) is 0 Å². The summed E-state index contributed by atoms with van der Waals surface area (Å²) in [6.45, 7) is 5.63. The molecule has 0 fully saturated rings. The minimum atomic E-state index is -0.699. The molecule has 0 saturated carbocycles. The lowest BCUT2D eigenvalue weighted by molar-refractivity contribution is -0.145. The second-order valence-corrected chi connectivity index (χ2v) is 2.65. The number of hydrogen-bond donors (Lipinski definition) is 0. The van der Waals surface area contributed by atoms with Gasteiger partial charge in [0.2, 0.25) is 0 Å². The van der Waals surface area contributed by atoms with Crippen LogP contribution in [0.1, 0.15) is 20.8 Å². The van der Waals surface area contributed by atoms with E-state index in [0.717, 1.165) is 0 Å². The van der Waals surface area contributed by atoms with Crippen molar-refractivity contribution in [3.8, 4) is 0 Å². The summed E-state index contributed by atoms with van der Waals surface area (Å²) in [4.78, 5) is 13.7. The molecule has 0 aromatic heterocycles. The standard InChI is InChI=1S/C7H13N3O2/c1-4-12-7(11)6(5(2)3)9-10-8/h5-6H,4H2,1-3H3. The summed E-state index contributed by atoms with van der Waals surface area (Å²) in [5.41, 5.74) is 8.15. The van der Waals surface area contributed by atoms with Crippen LogP contribution >= 0.6 is 0 Å². The average molecular weight is 171 g/mol. The predicted molar refractivity (Wildman–Crippen MR) is 44.4 cm³/mol. The van der Waals surface area contributed by atoms with E-state index in [0.29, 0.717) is 6.61 Å². The third kappa shape index (κ3) is 3.25. The molecule has 68 valence electrons. The van der Waals surface area contributed by atoms with E-state index in [2.05, 4.69) is 10.0 Å². The number of hydrogen-bond acceptors (Lipinski definition) is 3. The van der Waals surface area contributed by atoms with E-state index < -0.39 is 12.0 Å². The highest BCUT2D eigenvalue weighted by Gasteiger charge is 2.21. The van der Waals surface area contributed by atoms with Gasteiger partial charge in [0.15, 0.2) is 0 Å². The number of carbonyl (C=O) groups is 1. The van der Waals surface area contributed by atoms with Crippen molar-refractivity contribution in [1.29, 1.82) is 0 Å². The molecule has 0 spiro atoms. The first-order chi connectivity index (χ1) is 5.63. The number of azide groups is 1. The summed E-state index contributed by atoms with van der Waals surface area (Å²) >= 11 is 0. The highest BCUT2D eigenvalue weighted by molar-refractivity contribution is 5.76. The van der Waals surface area contributed by atoms with Crippen LogP contribution in [-0.2, 0) is 9.53 Å². The smallest absolute Gasteiger partial charge is 0.315 e. The molecule has 0 aliphatic heterocycles. The molecule has 0 aliphatic carbocycles. The molecule has 0 aromatic rings. The van der Waals surface area contributed by atoms with Crippen molar-refractivity contribution in [3.05, 3.63) is 10.4 Å². The van der Waals surface area contributed by atoms with Crippen molar-refractivity contribution in [2.24, 2.45) is 11.0 Å². The zero-order valence-corrected chi connectivity index (χ0v) is 7.52. The van der Waals surface area contributed by atoms with Crippen LogP contribution in [0.3, 0.4) is 0 Å². The van der Waals surface area contributed by atoms with E-state index in [1.165, 1.54) is 0 Å². The minimum absolute atomic E-state index is 0.0278. The molecule has 5 nitrogen and oxygen atoms in total. The van der Waals surface area contributed by atoms with Crippen molar-refractivity contribution in [3.63, 3.8) is 0 Å². The number of nitrogens with zero attached hydrogens (tertiary/aromatic N) is 3. The van der Waals surface area contributed by atoms with Gasteiger partial charge in [-0.1, -0.05) is 19.0 Å². The number of carbonyl (C=O) groups excluding carboxylic acids is 1.